The minimum atomic E-state index is -1.31. The first kappa shape index (κ1) is 10.3. The average molecular weight is 206 g/mol. The van der Waals surface area contributed by atoms with Crippen LogP contribution >= 0.6 is 0 Å². The molecule has 2 aliphatic rings. The summed E-state index contributed by atoms with van der Waals surface area (Å²) in [6, 6.07) is 0. The normalized spacial score (nSPS) is 49.5. The van der Waals surface area contributed by atoms with Crippen LogP contribution in [0.1, 0.15) is 0 Å². The van der Waals surface area contributed by atoms with E-state index >= 15 is 0 Å². The van der Waals surface area contributed by atoms with E-state index in [4.69, 9.17) is 14.2 Å². The lowest BCUT2D eigenvalue weighted by Gasteiger charge is -2.46. The molecule has 0 bridgehead atoms. The molecule has 6 nitrogen and oxygen atoms in total. The van der Waals surface area contributed by atoms with Crippen molar-refractivity contribution in [3.8, 4) is 0 Å². The maximum Gasteiger partial charge on any atom is 0.221 e. The van der Waals surface area contributed by atoms with Gasteiger partial charge in [0.1, 0.15) is 24.9 Å². The Hall–Kier alpha value is -0.240. The summed E-state index contributed by atoms with van der Waals surface area (Å²) in [6.07, 6.45) is -3.63. The van der Waals surface area contributed by atoms with Crippen LogP contribution in [0.2, 0.25) is 0 Å². The average Bonchev–Trinajstić information content (AvgIpc) is 2.23. The van der Waals surface area contributed by atoms with E-state index < -0.39 is 24.1 Å². The molecule has 0 aromatic carbocycles. The number of aliphatic hydroxyl groups excluding tert-OH is 3. The van der Waals surface area contributed by atoms with Crippen LogP contribution in [0.15, 0.2) is 0 Å². The van der Waals surface area contributed by atoms with Gasteiger partial charge in [-0.1, -0.05) is 0 Å². The molecule has 82 valence electrons. The van der Waals surface area contributed by atoms with Crippen LogP contribution in [-0.4, -0.2) is 65.8 Å². The SMILES string of the molecule is O[C@@H]1[C@H](O)CO[C@]2(COCCO2)[C@H]1O. The molecule has 0 unspecified atom stereocenters. The van der Waals surface area contributed by atoms with Crippen LogP contribution in [0.3, 0.4) is 0 Å². The second-order valence-electron chi connectivity index (χ2n) is 3.53. The first-order chi connectivity index (χ1) is 6.66. The van der Waals surface area contributed by atoms with Gasteiger partial charge in [0, 0.05) is 0 Å². The summed E-state index contributed by atoms with van der Waals surface area (Å²) in [6.45, 7) is 0.746. The highest BCUT2D eigenvalue weighted by atomic mass is 16.7. The topological polar surface area (TPSA) is 88.4 Å². The summed E-state index contributed by atoms with van der Waals surface area (Å²) in [4.78, 5) is 0. The molecule has 3 N–H and O–H groups in total. The number of hydrogen-bond donors (Lipinski definition) is 3. The highest BCUT2D eigenvalue weighted by Gasteiger charge is 2.51. The molecule has 2 saturated heterocycles. The van der Waals surface area contributed by atoms with Crippen molar-refractivity contribution in [3.63, 3.8) is 0 Å². The Balaban J connectivity index is 2.11. The van der Waals surface area contributed by atoms with Gasteiger partial charge in [-0.15, -0.1) is 0 Å². The monoisotopic (exact) mass is 206 g/mol. The second-order valence-corrected chi connectivity index (χ2v) is 3.53. The molecule has 2 aliphatic heterocycles. The zero-order valence-electron chi connectivity index (χ0n) is 7.63. The van der Waals surface area contributed by atoms with Crippen LogP contribution < -0.4 is 0 Å². The number of rotatable bonds is 0. The van der Waals surface area contributed by atoms with E-state index in [1.165, 1.54) is 0 Å². The minimum Gasteiger partial charge on any atom is -0.388 e. The van der Waals surface area contributed by atoms with Gasteiger partial charge in [0.2, 0.25) is 5.79 Å². The summed E-state index contributed by atoms with van der Waals surface area (Å²) in [5.74, 6) is -1.31. The third kappa shape index (κ3) is 1.54. The molecule has 14 heavy (non-hydrogen) atoms. The van der Waals surface area contributed by atoms with Gasteiger partial charge in [-0.2, -0.15) is 0 Å². The van der Waals surface area contributed by atoms with Gasteiger partial charge in [0.05, 0.1) is 19.8 Å². The molecule has 0 amide bonds. The summed E-state index contributed by atoms with van der Waals surface area (Å²) >= 11 is 0. The fourth-order valence-corrected chi connectivity index (χ4v) is 1.66. The zero-order valence-corrected chi connectivity index (χ0v) is 7.63. The van der Waals surface area contributed by atoms with Gasteiger partial charge in [0.25, 0.3) is 0 Å². The molecule has 2 fully saturated rings. The summed E-state index contributed by atoms with van der Waals surface area (Å²) in [7, 11) is 0. The van der Waals surface area contributed by atoms with Gasteiger partial charge in [0.15, 0.2) is 0 Å². The Morgan fingerprint density at radius 3 is 2.50 bits per heavy atom. The molecule has 0 aromatic heterocycles. The zero-order chi connectivity index (χ0) is 10.2. The van der Waals surface area contributed by atoms with Crippen LogP contribution in [0.4, 0.5) is 0 Å². The first-order valence-corrected chi connectivity index (χ1v) is 4.55. The van der Waals surface area contributed by atoms with Crippen molar-refractivity contribution in [3.05, 3.63) is 0 Å². The largest absolute Gasteiger partial charge is 0.388 e. The van der Waals surface area contributed by atoms with E-state index in [9.17, 15) is 15.3 Å². The second kappa shape index (κ2) is 3.73. The molecule has 0 aromatic rings. The lowest BCUT2D eigenvalue weighted by molar-refractivity contribution is -0.370. The van der Waals surface area contributed by atoms with E-state index in [0.717, 1.165) is 0 Å². The Bertz CT molecular complexity index is 202. The van der Waals surface area contributed by atoms with Crippen molar-refractivity contribution in [1.29, 1.82) is 0 Å². The molecule has 0 aliphatic carbocycles. The third-order valence-electron chi connectivity index (χ3n) is 2.54. The van der Waals surface area contributed by atoms with Crippen LogP contribution in [0, 0.1) is 0 Å². The van der Waals surface area contributed by atoms with Gasteiger partial charge in [-0.3, -0.25) is 0 Å². The van der Waals surface area contributed by atoms with E-state index in [1.807, 2.05) is 0 Å². The molecule has 6 heteroatoms. The molecule has 4 atom stereocenters. The van der Waals surface area contributed by atoms with Crippen molar-refractivity contribution in [2.75, 3.05) is 26.4 Å². The summed E-state index contributed by atoms with van der Waals surface area (Å²) in [5.41, 5.74) is 0. The predicted octanol–water partition coefficient (Wildman–Crippen LogP) is -2.16. The van der Waals surface area contributed by atoms with E-state index in [1.54, 1.807) is 0 Å². The van der Waals surface area contributed by atoms with E-state index in [2.05, 4.69) is 0 Å². The molecule has 0 radical (unpaired) electrons. The molecular weight excluding hydrogens is 192 g/mol. The van der Waals surface area contributed by atoms with Gasteiger partial charge >= 0.3 is 0 Å². The van der Waals surface area contributed by atoms with Crippen molar-refractivity contribution >= 4 is 0 Å². The molecular formula is C8H14O6. The Morgan fingerprint density at radius 1 is 1.07 bits per heavy atom. The molecule has 1 spiro atoms. The van der Waals surface area contributed by atoms with Gasteiger partial charge < -0.3 is 29.5 Å². The summed E-state index contributed by atoms with van der Waals surface area (Å²) in [5, 5.41) is 28.4. The quantitative estimate of drug-likeness (QED) is 0.418. The third-order valence-corrected chi connectivity index (χ3v) is 2.54. The van der Waals surface area contributed by atoms with E-state index in [-0.39, 0.29) is 13.2 Å². The molecule has 0 saturated carbocycles. The molecule has 2 heterocycles. The maximum absolute atomic E-state index is 9.68. The van der Waals surface area contributed by atoms with Crippen molar-refractivity contribution < 1.29 is 29.5 Å². The maximum atomic E-state index is 9.68. The van der Waals surface area contributed by atoms with Crippen molar-refractivity contribution in [2.24, 2.45) is 0 Å². The lowest BCUT2D eigenvalue weighted by atomic mass is 9.97. The van der Waals surface area contributed by atoms with E-state index in [0.29, 0.717) is 13.2 Å². The van der Waals surface area contributed by atoms with Crippen LogP contribution in [0.25, 0.3) is 0 Å². The fraction of sp³-hybridized carbons (Fsp3) is 1.00. The smallest absolute Gasteiger partial charge is 0.221 e. The van der Waals surface area contributed by atoms with Crippen molar-refractivity contribution in [1.82, 2.24) is 0 Å². The standard InChI is InChI=1S/C8H14O6/c9-5-3-14-8(7(11)6(5)10)4-12-1-2-13-8/h5-7,9-11H,1-4H2/t5-,6-,7+,8-/m1/s1. The van der Waals surface area contributed by atoms with Crippen LogP contribution in [0.5, 0.6) is 0 Å². The highest BCUT2D eigenvalue weighted by Crippen LogP contribution is 2.29. The van der Waals surface area contributed by atoms with Gasteiger partial charge in [-0.05, 0) is 0 Å². The summed E-state index contributed by atoms with van der Waals surface area (Å²) < 4.78 is 15.6. The fourth-order valence-electron chi connectivity index (χ4n) is 1.66. The van der Waals surface area contributed by atoms with Gasteiger partial charge in [-0.25, -0.2) is 0 Å². The minimum absolute atomic E-state index is 0.0674. The Kier molecular flexibility index (Phi) is 2.74. The number of ether oxygens (including phenoxy) is 3. The van der Waals surface area contributed by atoms with Crippen LogP contribution in [-0.2, 0) is 14.2 Å². The molecule has 2 rings (SSSR count). The Labute approximate surface area is 81.0 Å². The number of aliphatic hydroxyl groups is 3. The van der Waals surface area contributed by atoms with Crippen molar-refractivity contribution in [2.45, 2.75) is 24.1 Å². The number of hydrogen-bond acceptors (Lipinski definition) is 6. The highest BCUT2D eigenvalue weighted by molar-refractivity contribution is 4.93. The first-order valence-electron chi connectivity index (χ1n) is 4.55. The Morgan fingerprint density at radius 2 is 1.86 bits per heavy atom. The predicted molar refractivity (Wildman–Crippen MR) is 43.5 cm³/mol. The lowest BCUT2D eigenvalue weighted by Crippen LogP contribution is -2.65.